The molecule has 0 bridgehead atoms. The Hall–Kier alpha value is -3.94. The van der Waals surface area contributed by atoms with E-state index in [0.29, 0.717) is 41.8 Å². The number of ether oxygens (including phenoxy) is 2. The molecule has 0 spiro atoms. The molecule has 4 rings (SSSR count). The van der Waals surface area contributed by atoms with Crippen LogP contribution in [0.25, 0.3) is 5.70 Å². The number of carboxylic acids is 1. The summed E-state index contributed by atoms with van der Waals surface area (Å²) in [6.45, 7) is 11.4. The molecule has 13 nitrogen and oxygen atoms in total. The van der Waals surface area contributed by atoms with E-state index in [2.05, 4.69) is 36.1 Å². The van der Waals surface area contributed by atoms with Gasteiger partial charge < -0.3 is 36.3 Å². The third-order valence-corrected chi connectivity index (χ3v) is 6.55. The summed E-state index contributed by atoms with van der Waals surface area (Å²) in [5.41, 5.74) is 13.8. The highest BCUT2D eigenvalue weighted by Crippen LogP contribution is 2.37. The van der Waals surface area contributed by atoms with E-state index in [1.807, 2.05) is 51.8 Å². The smallest absolute Gasteiger partial charge is 0.329 e. The molecule has 1 saturated carbocycles. The third-order valence-electron chi connectivity index (χ3n) is 6.55. The molecule has 1 fully saturated rings. The lowest BCUT2D eigenvalue weighted by molar-refractivity contribution is -0.142. The Morgan fingerprint density at radius 3 is 2.49 bits per heavy atom. The number of aryl methyl sites for hydroxylation is 1. The van der Waals surface area contributed by atoms with Gasteiger partial charge in [0, 0.05) is 46.0 Å². The molecule has 2 amide bonds. The summed E-state index contributed by atoms with van der Waals surface area (Å²) in [5.74, 6) is 0.282. The van der Waals surface area contributed by atoms with E-state index >= 15 is 0 Å². The number of unbranched alkanes of at least 4 members (excludes halogenated alkanes) is 1. The van der Waals surface area contributed by atoms with E-state index in [0.717, 1.165) is 49.3 Å². The lowest BCUT2D eigenvalue weighted by atomic mass is 10.0. The molecule has 1 aliphatic carbocycles. The number of nitrogens with two attached hydrogens (primary N) is 1. The van der Waals surface area contributed by atoms with Crippen LogP contribution in [0.5, 0.6) is 0 Å². The number of aliphatic carboxylic acids is 1. The van der Waals surface area contributed by atoms with Gasteiger partial charge in [-0.25, -0.2) is 20.0 Å². The zero-order valence-corrected chi connectivity index (χ0v) is 28.0. The Bertz CT molecular complexity index is 1180. The van der Waals surface area contributed by atoms with Crippen molar-refractivity contribution in [3.8, 4) is 0 Å². The lowest BCUT2D eigenvalue weighted by Gasteiger charge is -2.31. The number of hydrogen-bond donors (Lipinski definition) is 6. The van der Waals surface area contributed by atoms with E-state index in [-0.39, 0.29) is 12.6 Å². The van der Waals surface area contributed by atoms with Crippen molar-refractivity contribution in [3.05, 3.63) is 53.0 Å². The second kappa shape index (κ2) is 22.6. The Morgan fingerprint density at radius 2 is 1.84 bits per heavy atom. The number of urea groups is 1. The van der Waals surface area contributed by atoms with Gasteiger partial charge in [-0.2, -0.15) is 0 Å². The number of nitrogens with zero attached hydrogens (tertiary/aromatic N) is 3. The molecular formula is C32H54N8O5. The van der Waals surface area contributed by atoms with Gasteiger partial charge in [0.15, 0.2) is 0 Å². The minimum Gasteiger partial charge on any atom is -0.480 e. The summed E-state index contributed by atoms with van der Waals surface area (Å²) in [7, 11) is 3.25. The van der Waals surface area contributed by atoms with Crippen molar-refractivity contribution >= 4 is 29.6 Å². The first-order valence-electron chi connectivity index (χ1n) is 15.8. The molecule has 7 N–H and O–H groups in total. The average molecular weight is 631 g/mol. The van der Waals surface area contributed by atoms with Crippen LogP contribution in [-0.4, -0.2) is 73.8 Å². The number of carbonyl (C=O) groups is 2. The van der Waals surface area contributed by atoms with Crippen molar-refractivity contribution in [2.75, 3.05) is 45.8 Å². The highest BCUT2D eigenvalue weighted by Gasteiger charge is 2.32. The molecule has 0 unspecified atom stereocenters. The van der Waals surface area contributed by atoms with Crippen molar-refractivity contribution in [2.24, 2.45) is 16.6 Å². The van der Waals surface area contributed by atoms with Gasteiger partial charge in [-0.05, 0) is 50.3 Å². The largest absolute Gasteiger partial charge is 0.480 e. The van der Waals surface area contributed by atoms with Gasteiger partial charge in [-0.1, -0.05) is 40.5 Å². The van der Waals surface area contributed by atoms with Gasteiger partial charge in [-0.3, -0.25) is 9.99 Å². The molecule has 45 heavy (non-hydrogen) atoms. The van der Waals surface area contributed by atoms with E-state index in [9.17, 15) is 9.59 Å². The maximum absolute atomic E-state index is 12.9. The molecule has 0 atom stereocenters. The monoisotopic (exact) mass is 630 g/mol. The molecule has 2 aliphatic heterocycles. The van der Waals surface area contributed by atoms with Crippen molar-refractivity contribution in [1.29, 1.82) is 0 Å². The number of hydrogen-bond acceptors (Lipinski definition) is 10. The van der Waals surface area contributed by atoms with E-state index < -0.39 is 5.97 Å². The van der Waals surface area contributed by atoms with E-state index in [1.165, 1.54) is 12.8 Å². The number of fused-ring (bicyclic) bond motifs is 1. The number of carbonyl (C=O) groups excluding carboxylic acids is 1. The Kier molecular flexibility index (Phi) is 19.6. The third kappa shape index (κ3) is 13.3. The average Bonchev–Trinajstić information content (AvgIpc) is 3.73. The van der Waals surface area contributed by atoms with Gasteiger partial charge in [0.25, 0.3) is 0 Å². The SMILES string of the molecule is CC.CC.COC.Cc1cc(NC(=O)NC2=C(C3CCCC3)N3NCC=C3N=C2)cnc1/C(N)=C/NCCCCOCC(=O)O. The minimum absolute atomic E-state index is 0.278. The first kappa shape index (κ1) is 39.1. The molecule has 13 heteroatoms. The number of aliphatic imine (C=N–C) groups is 1. The van der Waals surface area contributed by atoms with Crippen LogP contribution in [0.2, 0.25) is 0 Å². The first-order valence-corrected chi connectivity index (χ1v) is 15.8. The maximum Gasteiger partial charge on any atom is 0.329 e. The first-order chi connectivity index (χ1) is 21.8. The Balaban J connectivity index is 0.00000134. The summed E-state index contributed by atoms with van der Waals surface area (Å²) in [6, 6.07) is 1.46. The summed E-state index contributed by atoms with van der Waals surface area (Å²) in [6.07, 6.45) is 13.2. The topological polar surface area (TPSA) is 175 Å². The Morgan fingerprint density at radius 1 is 1.16 bits per heavy atom. The summed E-state index contributed by atoms with van der Waals surface area (Å²) in [4.78, 5) is 32.2. The van der Waals surface area contributed by atoms with Crippen LogP contribution in [0.3, 0.4) is 0 Å². The molecule has 3 heterocycles. The standard InChI is InChI=1S/C26H36N8O4.C2H6O.2C2H6/c1-17-12-19(13-30-24(17)20(27)14-28-9-4-5-11-38-16-23(35)36)32-26(37)33-21-15-29-22-8-10-31-34(22)25(21)18-6-2-3-7-18;1-3-2;2*1-2/h8,12-15,18,28,31H,2-7,9-11,16,27H2,1H3,(H,35,36)(H2,32,33,37);1-2H3;2*1-2H3/b20-14-;;;. The van der Waals surface area contributed by atoms with E-state index in [1.54, 1.807) is 32.8 Å². The molecular weight excluding hydrogens is 576 g/mol. The maximum atomic E-state index is 12.9. The molecule has 0 radical (unpaired) electrons. The van der Waals surface area contributed by atoms with Crippen molar-refractivity contribution in [2.45, 2.75) is 73.1 Å². The van der Waals surface area contributed by atoms with Crippen molar-refractivity contribution in [3.63, 3.8) is 0 Å². The van der Waals surface area contributed by atoms with Crippen LogP contribution in [0.1, 0.15) is 77.5 Å². The highest BCUT2D eigenvalue weighted by atomic mass is 16.5. The molecule has 0 saturated heterocycles. The molecule has 3 aliphatic rings. The van der Waals surface area contributed by atoms with Crippen molar-refractivity contribution in [1.82, 2.24) is 26.1 Å². The fourth-order valence-corrected chi connectivity index (χ4v) is 4.81. The number of amides is 2. The van der Waals surface area contributed by atoms with Crippen LogP contribution in [0, 0.1) is 12.8 Å². The fraction of sp³-hybridized carbons (Fsp3) is 0.562. The number of carboxylic acid groups (broad SMARTS) is 1. The van der Waals surface area contributed by atoms with Crippen LogP contribution in [0.4, 0.5) is 10.5 Å². The van der Waals surface area contributed by atoms with Crippen LogP contribution in [-0.2, 0) is 14.3 Å². The zero-order valence-electron chi connectivity index (χ0n) is 28.0. The second-order valence-electron chi connectivity index (χ2n) is 9.88. The summed E-state index contributed by atoms with van der Waals surface area (Å²) < 4.78 is 9.26. The number of allylic oxidation sites excluding steroid dienone is 2. The van der Waals surface area contributed by atoms with Gasteiger partial charge in [0.2, 0.25) is 0 Å². The Labute approximate surface area is 268 Å². The van der Waals surface area contributed by atoms with Crippen LogP contribution >= 0.6 is 0 Å². The number of methoxy groups -OCH3 is 1. The van der Waals surface area contributed by atoms with Gasteiger partial charge in [-0.15, -0.1) is 0 Å². The van der Waals surface area contributed by atoms with Gasteiger partial charge in [0.05, 0.1) is 40.9 Å². The number of hydrazine groups is 1. The molecule has 1 aromatic rings. The van der Waals surface area contributed by atoms with Crippen LogP contribution < -0.4 is 27.1 Å². The highest BCUT2D eigenvalue weighted by molar-refractivity contribution is 5.96. The summed E-state index contributed by atoms with van der Waals surface area (Å²) >= 11 is 0. The second-order valence-corrected chi connectivity index (χ2v) is 9.88. The quantitative estimate of drug-likeness (QED) is 0.178. The number of nitrogens with one attached hydrogen (secondary N) is 4. The number of anilines is 1. The number of rotatable bonds is 12. The van der Waals surface area contributed by atoms with E-state index in [4.69, 9.17) is 15.6 Å². The number of aromatic nitrogens is 1. The lowest BCUT2D eigenvalue weighted by Crippen LogP contribution is -2.40. The predicted octanol–water partition coefficient (Wildman–Crippen LogP) is 4.70. The fourth-order valence-electron chi connectivity index (χ4n) is 4.81. The van der Waals surface area contributed by atoms with Crippen LogP contribution in [0.15, 0.2) is 46.7 Å². The zero-order chi connectivity index (χ0) is 33.6. The minimum atomic E-state index is -0.969. The summed E-state index contributed by atoms with van der Waals surface area (Å²) in [5, 5.41) is 19.5. The molecule has 0 aromatic carbocycles. The predicted molar refractivity (Wildman–Crippen MR) is 180 cm³/mol. The van der Waals surface area contributed by atoms with Crippen molar-refractivity contribution < 1.29 is 24.2 Å². The van der Waals surface area contributed by atoms with Gasteiger partial charge in [0.1, 0.15) is 12.4 Å². The number of pyridine rings is 1. The van der Waals surface area contributed by atoms with Gasteiger partial charge >= 0.3 is 12.0 Å². The molecule has 252 valence electrons. The molecule has 1 aromatic heterocycles. The normalized spacial score (nSPS) is 15.4.